The standard InChI is InChI=1S/C22H22N4O3/c1-29-20-6-5-18(15-24-20)22(28)26-12-10-25(11-13-26)21(27)7-3-16-2-4-17-8-9-23-19(17)14-16/h2-9,14-15,23H,10-13H2,1H3/b7-3+. The summed E-state index contributed by atoms with van der Waals surface area (Å²) >= 11 is 0. The Morgan fingerprint density at radius 2 is 1.86 bits per heavy atom. The number of aromatic nitrogens is 2. The number of fused-ring (bicyclic) bond motifs is 1. The van der Waals surface area contributed by atoms with Crippen LogP contribution in [0.4, 0.5) is 0 Å². The summed E-state index contributed by atoms with van der Waals surface area (Å²) in [5.41, 5.74) is 2.53. The fraction of sp³-hybridized carbons (Fsp3) is 0.227. The summed E-state index contributed by atoms with van der Waals surface area (Å²) in [6.45, 7) is 2.01. The largest absolute Gasteiger partial charge is 0.481 e. The molecule has 1 fully saturated rings. The van der Waals surface area contributed by atoms with Gasteiger partial charge in [-0.3, -0.25) is 9.59 Å². The highest BCUT2D eigenvalue weighted by Gasteiger charge is 2.24. The third kappa shape index (κ3) is 4.13. The zero-order valence-electron chi connectivity index (χ0n) is 16.2. The predicted octanol–water partition coefficient (Wildman–Crippen LogP) is 2.57. The average Bonchev–Trinajstić information content (AvgIpc) is 3.25. The lowest BCUT2D eigenvalue weighted by Gasteiger charge is -2.34. The van der Waals surface area contributed by atoms with Crippen molar-refractivity contribution in [3.05, 3.63) is 66.0 Å². The first kappa shape index (κ1) is 18.7. The molecule has 1 aliphatic rings. The molecule has 0 spiro atoms. The summed E-state index contributed by atoms with van der Waals surface area (Å²) in [5, 5.41) is 1.14. The topological polar surface area (TPSA) is 78.5 Å². The molecule has 0 atom stereocenters. The molecule has 0 bridgehead atoms. The van der Waals surface area contributed by atoms with Crippen molar-refractivity contribution in [1.29, 1.82) is 0 Å². The van der Waals surface area contributed by atoms with Crippen molar-refractivity contribution in [2.24, 2.45) is 0 Å². The number of pyridine rings is 1. The molecule has 4 rings (SSSR count). The first-order valence-corrected chi connectivity index (χ1v) is 9.47. The zero-order valence-corrected chi connectivity index (χ0v) is 16.2. The van der Waals surface area contributed by atoms with E-state index in [1.54, 1.807) is 28.0 Å². The third-order valence-electron chi connectivity index (χ3n) is 5.07. The molecule has 29 heavy (non-hydrogen) atoms. The molecule has 0 aliphatic carbocycles. The highest BCUT2D eigenvalue weighted by atomic mass is 16.5. The van der Waals surface area contributed by atoms with E-state index >= 15 is 0 Å². The number of aromatic amines is 1. The van der Waals surface area contributed by atoms with E-state index in [-0.39, 0.29) is 11.8 Å². The highest BCUT2D eigenvalue weighted by Crippen LogP contribution is 2.16. The van der Waals surface area contributed by atoms with E-state index in [1.807, 2.05) is 36.5 Å². The normalized spacial score (nSPS) is 14.5. The van der Waals surface area contributed by atoms with Crippen LogP contribution in [-0.4, -0.2) is 64.9 Å². The summed E-state index contributed by atoms with van der Waals surface area (Å²) < 4.78 is 5.02. The number of nitrogens with one attached hydrogen (secondary N) is 1. The fourth-order valence-electron chi connectivity index (χ4n) is 3.38. The number of benzene rings is 1. The van der Waals surface area contributed by atoms with Crippen LogP contribution in [0, 0.1) is 0 Å². The van der Waals surface area contributed by atoms with Gasteiger partial charge in [-0.25, -0.2) is 4.98 Å². The molecule has 1 N–H and O–H groups in total. The SMILES string of the molecule is COc1ccc(C(=O)N2CCN(C(=O)/C=C/c3ccc4cc[nH]c4c3)CC2)cn1. The molecule has 7 nitrogen and oxygen atoms in total. The Kier molecular flexibility index (Phi) is 5.29. The van der Waals surface area contributed by atoms with Gasteiger partial charge in [0, 0.05) is 56.2 Å². The maximum absolute atomic E-state index is 12.6. The summed E-state index contributed by atoms with van der Waals surface area (Å²) in [4.78, 5) is 35.9. The van der Waals surface area contributed by atoms with E-state index in [4.69, 9.17) is 4.74 Å². The molecule has 1 aliphatic heterocycles. The average molecular weight is 390 g/mol. The van der Waals surface area contributed by atoms with Gasteiger partial charge in [0.2, 0.25) is 11.8 Å². The molecule has 3 heterocycles. The summed E-state index contributed by atoms with van der Waals surface area (Å²) in [6.07, 6.45) is 6.83. The van der Waals surface area contributed by atoms with Crippen molar-refractivity contribution in [1.82, 2.24) is 19.8 Å². The Morgan fingerprint density at radius 1 is 1.07 bits per heavy atom. The van der Waals surface area contributed by atoms with Crippen molar-refractivity contribution in [2.45, 2.75) is 0 Å². The van der Waals surface area contributed by atoms with Crippen LogP contribution in [-0.2, 0) is 4.79 Å². The number of piperazine rings is 1. The molecule has 0 saturated carbocycles. The van der Waals surface area contributed by atoms with Crippen LogP contribution in [0.3, 0.4) is 0 Å². The molecule has 7 heteroatoms. The van der Waals surface area contributed by atoms with Crippen LogP contribution in [0.2, 0.25) is 0 Å². The maximum atomic E-state index is 12.6. The van der Waals surface area contributed by atoms with Crippen LogP contribution in [0.15, 0.2) is 54.9 Å². The molecule has 0 unspecified atom stereocenters. The minimum absolute atomic E-state index is 0.0465. The van der Waals surface area contributed by atoms with Gasteiger partial charge in [-0.15, -0.1) is 0 Å². The molecule has 2 aromatic heterocycles. The number of hydrogen-bond donors (Lipinski definition) is 1. The molecule has 1 saturated heterocycles. The summed E-state index contributed by atoms with van der Waals surface area (Å²) in [5.74, 6) is 0.344. The number of rotatable bonds is 4. The monoisotopic (exact) mass is 390 g/mol. The molecule has 0 radical (unpaired) electrons. The van der Waals surface area contributed by atoms with E-state index < -0.39 is 0 Å². The van der Waals surface area contributed by atoms with Gasteiger partial charge in [0.05, 0.1) is 12.7 Å². The van der Waals surface area contributed by atoms with Crippen molar-refractivity contribution >= 4 is 28.8 Å². The number of nitrogens with zero attached hydrogens (tertiary/aromatic N) is 3. The maximum Gasteiger partial charge on any atom is 0.255 e. The Balaban J connectivity index is 1.33. The second kappa shape index (κ2) is 8.18. The molecule has 2 amide bonds. The molecule has 3 aromatic rings. The van der Waals surface area contributed by atoms with Gasteiger partial charge in [-0.05, 0) is 35.2 Å². The first-order valence-electron chi connectivity index (χ1n) is 9.47. The Morgan fingerprint density at radius 3 is 2.59 bits per heavy atom. The molecular weight excluding hydrogens is 368 g/mol. The number of H-pyrrole nitrogens is 1. The van der Waals surface area contributed by atoms with E-state index in [2.05, 4.69) is 9.97 Å². The second-order valence-electron chi connectivity index (χ2n) is 6.86. The zero-order chi connectivity index (χ0) is 20.2. The number of carbonyl (C=O) groups is 2. The van der Waals surface area contributed by atoms with Gasteiger partial charge in [0.25, 0.3) is 5.91 Å². The molecular formula is C22H22N4O3. The van der Waals surface area contributed by atoms with Crippen LogP contribution in [0.1, 0.15) is 15.9 Å². The number of carbonyl (C=O) groups excluding carboxylic acids is 2. The highest BCUT2D eigenvalue weighted by molar-refractivity contribution is 5.95. The van der Waals surface area contributed by atoms with Crippen LogP contribution >= 0.6 is 0 Å². The Labute approximate surface area is 168 Å². The quantitative estimate of drug-likeness (QED) is 0.695. The fourth-order valence-corrected chi connectivity index (χ4v) is 3.38. The smallest absolute Gasteiger partial charge is 0.255 e. The predicted molar refractivity (Wildman–Crippen MR) is 111 cm³/mol. The van der Waals surface area contributed by atoms with E-state index in [0.717, 1.165) is 16.5 Å². The van der Waals surface area contributed by atoms with E-state index in [9.17, 15) is 9.59 Å². The second-order valence-corrected chi connectivity index (χ2v) is 6.86. The van der Waals surface area contributed by atoms with Crippen LogP contribution in [0.25, 0.3) is 17.0 Å². The minimum atomic E-state index is -0.0814. The van der Waals surface area contributed by atoms with Crippen molar-refractivity contribution in [3.8, 4) is 5.88 Å². The molecule has 148 valence electrons. The first-order chi connectivity index (χ1) is 14.1. The van der Waals surface area contributed by atoms with Gasteiger partial charge < -0.3 is 19.5 Å². The summed E-state index contributed by atoms with van der Waals surface area (Å²) in [7, 11) is 1.53. The minimum Gasteiger partial charge on any atom is -0.481 e. The summed E-state index contributed by atoms with van der Waals surface area (Å²) in [6, 6.07) is 11.4. The van der Waals surface area contributed by atoms with Crippen LogP contribution < -0.4 is 4.74 Å². The number of hydrogen-bond acceptors (Lipinski definition) is 4. The molecule has 1 aromatic carbocycles. The Bertz CT molecular complexity index is 1050. The van der Waals surface area contributed by atoms with Gasteiger partial charge in [0.15, 0.2) is 0 Å². The van der Waals surface area contributed by atoms with Crippen molar-refractivity contribution in [3.63, 3.8) is 0 Å². The lowest BCUT2D eigenvalue weighted by molar-refractivity contribution is -0.127. The number of ether oxygens (including phenoxy) is 1. The van der Waals surface area contributed by atoms with Crippen LogP contribution in [0.5, 0.6) is 5.88 Å². The van der Waals surface area contributed by atoms with Gasteiger partial charge in [-0.2, -0.15) is 0 Å². The van der Waals surface area contributed by atoms with E-state index in [1.165, 1.54) is 13.3 Å². The third-order valence-corrected chi connectivity index (χ3v) is 5.07. The number of methoxy groups -OCH3 is 1. The number of amides is 2. The Hall–Kier alpha value is -3.61. The van der Waals surface area contributed by atoms with E-state index in [0.29, 0.717) is 37.6 Å². The van der Waals surface area contributed by atoms with Gasteiger partial charge >= 0.3 is 0 Å². The van der Waals surface area contributed by atoms with Crippen molar-refractivity contribution < 1.29 is 14.3 Å². The van der Waals surface area contributed by atoms with Gasteiger partial charge in [0.1, 0.15) is 0 Å². The lowest BCUT2D eigenvalue weighted by atomic mass is 10.1. The van der Waals surface area contributed by atoms with Crippen molar-refractivity contribution in [2.75, 3.05) is 33.3 Å². The lowest BCUT2D eigenvalue weighted by Crippen LogP contribution is -2.50. The van der Waals surface area contributed by atoms with Gasteiger partial charge in [-0.1, -0.05) is 12.1 Å².